The second kappa shape index (κ2) is 6.15. The van der Waals surface area contributed by atoms with Crippen LogP contribution >= 0.6 is 0 Å². The van der Waals surface area contributed by atoms with E-state index >= 15 is 0 Å². The molecule has 1 aromatic carbocycles. The van der Waals surface area contributed by atoms with Crippen LogP contribution in [0.15, 0.2) is 53.7 Å². The maximum Gasteiger partial charge on any atom is 0.269 e. The van der Waals surface area contributed by atoms with E-state index in [2.05, 4.69) is 15.0 Å². The molecule has 6 heteroatoms. The number of aromatic nitrogens is 4. The van der Waals surface area contributed by atoms with Gasteiger partial charge in [0.15, 0.2) is 0 Å². The Morgan fingerprint density at radius 3 is 2.77 bits per heavy atom. The molecule has 0 unspecified atom stereocenters. The summed E-state index contributed by atoms with van der Waals surface area (Å²) in [5.41, 5.74) is 4.42. The highest BCUT2D eigenvalue weighted by molar-refractivity contribution is 5.84. The van der Waals surface area contributed by atoms with Gasteiger partial charge in [-0.15, -0.1) is 0 Å². The first-order valence-corrected chi connectivity index (χ1v) is 8.28. The Labute approximate surface area is 150 Å². The topological polar surface area (TPSA) is 72.8 Å². The Bertz CT molecular complexity index is 1170. The molecule has 130 valence electrons. The van der Waals surface area contributed by atoms with Gasteiger partial charge in [-0.25, -0.2) is 4.98 Å². The molecule has 1 N–H and O–H groups in total. The van der Waals surface area contributed by atoms with E-state index < -0.39 is 0 Å². The van der Waals surface area contributed by atoms with Crippen LogP contribution in [0.2, 0.25) is 0 Å². The summed E-state index contributed by atoms with van der Waals surface area (Å²) >= 11 is 0. The van der Waals surface area contributed by atoms with Crippen molar-refractivity contribution < 1.29 is 4.74 Å². The number of aromatic amines is 1. The summed E-state index contributed by atoms with van der Waals surface area (Å²) in [5.74, 6) is 1.25. The van der Waals surface area contributed by atoms with Crippen LogP contribution < -0.4 is 10.3 Å². The Hall–Kier alpha value is -3.41. The second-order valence-electron chi connectivity index (χ2n) is 6.22. The fraction of sp³-hybridized carbons (Fsp3) is 0.150. The Morgan fingerprint density at radius 1 is 1.12 bits per heavy atom. The summed E-state index contributed by atoms with van der Waals surface area (Å²) in [5, 5.41) is 0.930. The zero-order chi connectivity index (χ0) is 18.3. The van der Waals surface area contributed by atoms with Gasteiger partial charge in [0.1, 0.15) is 5.75 Å². The SMILES string of the molecule is Cc1cc(Oc2nccc3[nH]ccc23)ccc1-c1c(C)ncc(=O)n1C. The molecule has 4 aromatic rings. The van der Waals surface area contributed by atoms with Crippen molar-refractivity contribution in [2.75, 3.05) is 0 Å². The molecule has 4 rings (SSSR count). The molecule has 0 aliphatic carbocycles. The number of rotatable bonds is 3. The lowest BCUT2D eigenvalue weighted by atomic mass is 10.0. The van der Waals surface area contributed by atoms with E-state index in [9.17, 15) is 4.79 Å². The van der Waals surface area contributed by atoms with Gasteiger partial charge in [0.2, 0.25) is 5.88 Å². The van der Waals surface area contributed by atoms with Crippen molar-refractivity contribution in [2.24, 2.45) is 7.05 Å². The number of hydrogen-bond donors (Lipinski definition) is 1. The van der Waals surface area contributed by atoms with Crippen LogP contribution in [-0.2, 0) is 7.05 Å². The third kappa shape index (κ3) is 2.65. The molecule has 0 saturated carbocycles. The van der Waals surface area contributed by atoms with Gasteiger partial charge in [-0.05, 0) is 49.7 Å². The van der Waals surface area contributed by atoms with Crippen molar-refractivity contribution in [3.63, 3.8) is 0 Å². The van der Waals surface area contributed by atoms with Crippen LogP contribution in [0, 0.1) is 13.8 Å². The summed E-state index contributed by atoms with van der Waals surface area (Å²) in [6.45, 7) is 3.89. The number of aryl methyl sites for hydroxylation is 2. The van der Waals surface area contributed by atoms with E-state index in [1.807, 2.05) is 50.4 Å². The standard InChI is InChI=1S/C20H18N4O2/c1-12-10-14(26-20-16-6-8-21-17(16)7-9-22-20)4-5-15(12)19-13(2)23-11-18(25)24(19)3/h4-11,21H,1-3H3. The molecule has 0 aliphatic heterocycles. The summed E-state index contributed by atoms with van der Waals surface area (Å²) < 4.78 is 7.61. The van der Waals surface area contributed by atoms with Gasteiger partial charge in [0, 0.05) is 25.0 Å². The summed E-state index contributed by atoms with van der Waals surface area (Å²) in [6, 6.07) is 9.62. The van der Waals surface area contributed by atoms with Crippen LogP contribution in [0.4, 0.5) is 0 Å². The monoisotopic (exact) mass is 346 g/mol. The first kappa shape index (κ1) is 16.1. The molecule has 6 nitrogen and oxygen atoms in total. The highest BCUT2D eigenvalue weighted by Crippen LogP contribution is 2.31. The maximum atomic E-state index is 11.9. The number of pyridine rings is 1. The van der Waals surface area contributed by atoms with Crippen LogP contribution in [-0.4, -0.2) is 19.5 Å². The van der Waals surface area contributed by atoms with Gasteiger partial charge in [-0.3, -0.25) is 9.78 Å². The summed E-state index contributed by atoms with van der Waals surface area (Å²) in [4.78, 5) is 23.6. The minimum Gasteiger partial charge on any atom is -0.438 e. The van der Waals surface area contributed by atoms with Gasteiger partial charge in [0.05, 0.1) is 28.5 Å². The smallest absolute Gasteiger partial charge is 0.269 e. The number of benzene rings is 1. The number of hydrogen-bond acceptors (Lipinski definition) is 4. The lowest BCUT2D eigenvalue weighted by molar-refractivity contribution is 0.469. The molecule has 0 radical (unpaired) electrons. The predicted molar refractivity (Wildman–Crippen MR) is 101 cm³/mol. The largest absolute Gasteiger partial charge is 0.438 e. The normalized spacial score (nSPS) is 11.0. The number of H-pyrrole nitrogens is 1. The van der Waals surface area contributed by atoms with Crippen molar-refractivity contribution in [1.82, 2.24) is 19.5 Å². The lowest BCUT2D eigenvalue weighted by Gasteiger charge is -2.14. The molecule has 0 spiro atoms. The molecule has 0 amide bonds. The summed E-state index contributed by atoms with van der Waals surface area (Å²) in [7, 11) is 1.76. The molecule has 0 bridgehead atoms. The number of ether oxygens (including phenoxy) is 1. The minimum atomic E-state index is -0.131. The first-order chi connectivity index (χ1) is 12.5. The van der Waals surface area contributed by atoms with Crippen molar-refractivity contribution >= 4 is 10.9 Å². The van der Waals surface area contributed by atoms with E-state index in [1.165, 1.54) is 6.20 Å². The third-order valence-corrected chi connectivity index (χ3v) is 4.49. The molecule has 3 heterocycles. The van der Waals surface area contributed by atoms with Gasteiger partial charge < -0.3 is 14.3 Å². The maximum absolute atomic E-state index is 11.9. The molecule has 0 aliphatic rings. The first-order valence-electron chi connectivity index (χ1n) is 8.28. The highest BCUT2D eigenvalue weighted by Gasteiger charge is 2.13. The average Bonchev–Trinajstić information content (AvgIpc) is 3.10. The molecule has 0 fully saturated rings. The third-order valence-electron chi connectivity index (χ3n) is 4.49. The van der Waals surface area contributed by atoms with Crippen molar-refractivity contribution in [3.8, 4) is 22.9 Å². The van der Waals surface area contributed by atoms with Crippen LogP contribution in [0.1, 0.15) is 11.3 Å². The number of nitrogens with zero attached hydrogens (tertiary/aromatic N) is 3. The molecule has 0 atom stereocenters. The fourth-order valence-corrected chi connectivity index (χ4v) is 3.14. The van der Waals surface area contributed by atoms with E-state index in [0.717, 1.165) is 33.4 Å². The molecule has 3 aromatic heterocycles. The predicted octanol–water partition coefficient (Wildman–Crippen LogP) is 3.73. The van der Waals surface area contributed by atoms with Gasteiger partial charge in [-0.1, -0.05) is 0 Å². The van der Waals surface area contributed by atoms with Crippen molar-refractivity contribution in [1.29, 1.82) is 0 Å². The van der Waals surface area contributed by atoms with Gasteiger partial charge >= 0.3 is 0 Å². The fourth-order valence-electron chi connectivity index (χ4n) is 3.14. The van der Waals surface area contributed by atoms with Crippen LogP contribution in [0.5, 0.6) is 11.6 Å². The van der Waals surface area contributed by atoms with Crippen molar-refractivity contribution in [3.05, 3.63) is 70.5 Å². The van der Waals surface area contributed by atoms with Crippen molar-refractivity contribution in [2.45, 2.75) is 13.8 Å². The van der Waals surface area contributed by atoms with E-state index in [4.69, 9.17) is 4.74 Å². The quantitative estimate of drug-likeness (QED) is 0.613. The minimum absolute atomic E-state index is 0.131. The number of nitrogens with one attached hydrogen (secondary N) is 1. The van der Waals surface area contributed by atoms with E-state index in [1.54, 1.807) is 17.8 Å². The zero-order valence-corrected chi connectivity index (χ0v) is 14.8. The molecule has 0 saturated heterocycles. The second-order valence-corrected chi connectivity index (χ2v) is 6.22. The lowest BCUT2D eigenvalue weighted by Crippen LogP contribution is -2.19. The molecule has 26 heavy (non-hydrogen) atoms. The van der Waals surface area contributed by atoms with E-state index in [0.29, 0.717) is 11.6 Å². The van der Waals surface area contributed by atoms with E-state index in [-0.39, 0.29) is 5.56 Å². The molecular formula is C20H18N4O2. The molecular weight excluding hydrogens is 328 g/mol. The van der Waals surface area contributed by atoms with Gasteiger partial charge in [0.25, 0.3) is 5.56 Å². The Morgan fingerprint density at radius 2 is 1.96 bits per heavy atom. The Kier molecular flexibility index (Phi) is 3.80. The highest BCUT2D eigenvalue weighted by atomic mass is 16.5. The van der Waals surface area contributed by atoms with Gasteiger partial charge in [-0.2, -0.15) is 0 Å². The summed E-state index contributed by atoms with van der Waals surface area (Å²) in [6.07, 6.45) is 4.91. The number of fused-ring (bicyclic) bond motifs is 1. The average molecular weight is 346 g/mol. The zero-order valence-electron chi connectivity index (χ0n) is 14.8. The Balaban J connectivity index is 1.75. The van der Waals surface area contributed by atoms with Crippen LogP contribution in [0.25, 0.3) is 22.2 Å². The van der Waals surface area contributed by atoms with Crippen LogP contribution in [0.3, 0.4) is 0 Å².